The van der Waals surface area contributed by atoms with E-state index in [-0.39, 0.29) is 17.4 Å². The Kier molecular flexibility index (Phi) is 4.25. The average molecular weight is 272 g/mol. The van der Waals surface area contributed by atoms with Crippen molar-refractivity contribution in [3.63, 3.8) is 0 Å². The summed E-state index contributed by atoms with van der Waals surface area (Å²) in [5.74, 6) is -0.244. The van der Waals surface area contributed by atoms with Gasteiger partial charge in [0.2, 0.25) is 0 Å². The first-order chi connectivity index (χ1) is 9.61. The fraction of sp³-hybridized carbons (Fsp3) is 0.188. The molecular formula is C16H16O4. The van der Waals surface area contributed by atoms with Crippen molar-refractivity contribution in [3.05, 3.63) is 59.7 Å². The van der Waals surface area contributed by atoms with Crippen LogP contribution in [0.1, 0.15) is 28.9 Å². The molecule has 1 N–H and O–H groups in total. The number of rotatable bonds is 4. The van der Waals surface area contributed by atoms with Gasteiger partial charge in [-0.05, 0) is 24.6 Å². The molecule has 0 heterocycles. The van der Waals surface area contributed by atoms with Crippen molar-refractivity contribution in [1.29, 1.82) is 0 Å². The lowest BCUT2D eigenvalue weighted by Crippen LogP contribution is -2.09. The van der Waals surface area contributed by atoms with E-state index in [2.05, 4.69) is 0 Å². The van der Waals surface area contributed by atoms with E-state index in [0.717, 1.165) is 5.56 Å². The van der Waals surface area contributed by atoms with Gasteiger partial charge in [0.1, 0.15) is 23.2 Å². The number of benzene rings is 2. The van der Waals surface area contributed by atoms with Crippen LogP contribution in [-0.4, -0.2) is 18.2 Å². The summed E-state index contributed by atoms with van der Waals surface area (Å²) in [6.45, 7) is 1.79. The molecule has 1 atom stereocenters. The van der Waals surface area contributed by atoms with Crippen LogP contribution >= 0.6 is 0 Å². The second-order valence-electron chi connectivity index (χ2n) is 4.34. The summed E-state index contributed by atoms with van der Waals surface area (Å²) in [7, 11) is 1.49. The number of methoxy groups -OCH3 is 1. The second-order valence-corrected chi connectivity index (χ2v) is 4.34. The maximum Gasteiger partial charge on any atom is 0.342 e. The minimum absolute atomic E-state index is 0.119. The van der Waals surface area contributed by atoms with Gasteiger partial charge in [0.05, 0.1) is 7.11 Å². The molecule has 2 rings (SSSR count). The molecule has 104 valence electrons. The van der Waals surface area contributed by atoms with E-state index in [1.165, 1.54) is 19.2 Å². The summed E-state index contributed by atoms with van der Waals surface area (Å²) in [5, 5.41) is 9.80. The Bertz CT molecular complexity index is 593. The Morgan fingerprint density at radius 1 is 1.15 bits per heavy atom. The number of esters is 1. The summed E-state index contributed by atoms with van der Waals surface area (Å²) >= 11 is 0. The second kappa shape index (κ2) is 6.10. The number of ether oxygens (including phenoxy) is 2. The monoisotopic (exact) mass is 272 g/mol. The van der Waals surface area contributed by atoms with Gasteiger partial charge in [-0.15, -0.1) is 0 Å². The highest BCUT2D eigenvalue weighted by molar-refractivity contribution is 5.92. The molecule has 0 aliphatic carbocycles. The fourth-order valence-electron chi connectivity index (χ4n) is 1.83. The van der Waals surface area contributed by atoms with Crippen molar-refractivity contribution in [1.82, 2.24) is 0 Å². The summed E-state index contributed by atoms with van der Waals surface area (Å²) in [6, 6.07) is 13.9. The van der Waals surface area contributed by atoms with Crippen LogP contribution in [-0.2, 0) is 4.74 Å². The van der Waals surface area contributed by atoms with Crippen molar-refractivity contribution in [2.75, 3.05) is 7.11 Å². The van der Waals surface area contributed by atoms with Gasteiger partial charge in [-0.3, -0.25) is 0 Å². The molecule has 0 aromatic heterocycles. The Hall–Kier alpha value is -2.49. The zero-order chi connectivity index (χ0) is 14.5. The summed E-state index contributed by atoms with van der Waals surface area (Å²) in [4.78, 5) is 12.0. The minimum atomic E-state index is -0.568. The van der Waals surface area contributed by atoms with Crippen LogP contribution in [0.3, 0.4) is 0 Å². The van der Waals surface area contributed by atoms with Crippen molar-refractivity contribution < 1.29 is 19.4 Å². The number of carbonyl (C=O) groups excluding carboxylic acids is 1. The maximum absolute atomic E-state index is 12.0. The van der Waals surface area contributed by atoms with Gasteiger partial charge in [0.15, 0.2) is 0 Å². The first-order valence-electron chi connectivity index (χ1n) is 6.24. The Balaban J connectivity index is 2.12. The molecule has 20 heavy (non-hydrogen) atoms. The van der Waals surface area contributed by atoms with Crippen molar-refractivity contribution >= 4 is 5.97 Å². The number of phenolic OH excluding ortho intramolecular Hbond substituents is 1. The van der Waals surface area contributed by atoms with Gasteiger partial charge >= 0.3 is 5.97 Å². The summed E-state index contributed by atoms with van der Waals surface area (Å²) in [5.41, 5.74) is 1.02. The average Bonchev–Trinajstić information content (AvgIpc) is 2.47. The predicted molar refractivity (Wildman–Crippen MR) is 74.9 cm³/mol. The van der Waals surface area contributed by atoms with E-state index in [1.54, 1.807) is 13.0 Å². The third kappa shape index (κ3) is 3.09. The molecule has 0 amide bonds. The van der Waals surface area contributed by atoms with E-state index >= 15 is 0 Å². The number of carbonyl (C=O) groups is 1. The first-order valence-corrected chi connectivity index (χ1v) is 6.24. The number of aromatic hydroxyl groups is 1. The standard InChI is InChI=1S/C16H16O4/c1-11(12-6-4-3-5-7-12)20-16(18)14-9-8-13(19-2)10-15(14)17/h3-11,17H,1-2H3/t11-/m1/s1. The minimum Gasteiger partial charge on any atom is -0.507 e. The van der Waals surface area contributed by atoms with E-state index in [4.69, 9.17) is 9.47 Å². The van der Waals surface area contributed by atoms with Crippen molar-refractivity contribution in [3.8, 4) is 11.5 Å². The number of hydrogen-bond acceptors (Lipinski definition) is 4. The van der Waals surface area contributed by atoms with Crippen LogP contribution in [0.25, 0.3) is 0 Å². The molecule has 2 aromatic rings. The first kappa shape index (κ1) is 13.9. The van der Waals surface area contributed by atoms with Crippen LogP contribution in [0, 0.1) is 0 Å². The highest BCUT2D eigenvalue weighted by Crippen LogP contribution is 2.26. The smallest absolute Gasteiger partial charge is 0.342 e. The van der Waals surface area contributed by atoms with Crippen LogP contribution in [0.4, 0.5) is 0 Å². The predicted octanol–water partition coefficient (Wildman–Crippen LogP) is 3.32. The molecule has 4 nitrogen and oxygen atoms in total. The molecular weight excluding hydrogens is 256 g/mol. The lowest BCUT2D eigenvalue weighted by Gasteiger charge is -2.14. The van der Waals surface area contributed by atoms with Gasteiger partial charge in [-0.2, -0.15) is 0 Å². The zero-order valence-corrected chi connectivity index (χ0v) is 11.4. The molecule has 0 radical (unpaired) electrons. The van der Waals surface area contributed by atoms with E-state index in [1.807, 2.05) is 30.3 Å². The topological polar surface area (TPSA) is 55.8 Å². The molecule has 4 heteroatoms. The van der Waals surface area contributed by atoms with Crippen molar-refractivity contribution in [2.45, 2.75) is 13.0 Å². The lowest BCUT2D eigenvalue weighted by atomic mass is 10.1. The van der Waals surface area contributed by atoms with Gasteiger partial charge in [0, 0.05) is 6.07 Å². The van der Waals surface area contributed by atoms with Gasteiger partial charge in [-0.25, -0.2) is 4.79 Å². The molecule has 0 unspecified atom stereocenters. The Morgan fingerprint density at radius 3 is 2.45 bits per heavy atom. The van der Waals surface area contributed by atoms with Crippen LogP contribution in [0.5, 0.6) is 11.5 Å². The van der Waals surface area contributed by atoms with Crippen molar-refractivity contribution in [2.24, 2.45) is 0 Å². The lowest BCUT2D eigenvalue weighted by molar-refractivity contribution is 0.0334. The highest BCUT2D eigenvalue weighted by Gasteiger charge is 2.17. The van der Waals surface area contributed by atoms with E-state index in [9.17, 15) is 9.90 Å². The zero-order valence-electron chi connectivity index (χ0n) is 11.4. The normalized spacial score (nSPS) is 11.7. The van der Waals surface area contributed by atoms with Gasteiger partial charge in [-0.1, -0.05) is 30.3 Å². The molecule has 0 fully saturated rings. The highest BCUT2D eigenvalue weighted by atomic mass is 16.5. The van der Waals surface area contributed by atoms with Crippen LogP contribution in [0.15, 0.2) is 48.5 Å². The van der Waals surface area contributed by atoms with E-state index in [0.29, 0.717) is 5.75 Å². The van der Waals surface area contributed by atoms with E-state index < -0.39 is 5.97 Å². The molecule has 2 aromatic carbocycles. The molecule has 0 aliphatic heterocycles. The molecule has 0 aliphatic rings. The molecule has 0 saturated carbocycles. The molecule has 0 bridgehead atoms. The maximum atomic E-state index is 12.0. The Labute approximate surface area is 117 Å². The van der Waals surface area contributed by atoms with Gasteiger partial charge < -0.3 is 14.6 Å². The summed E-state index contributed by atoms with van der Waals surface area (Å²) < 4.78 is 10.3. The molecule has 0 spiro atoms. The largest absolute Gasteiger partial charge is 0.507 e. The van der Waals surface area contributed by atoms with Crippen LogP contribution in [0.2, 0.25) is 0 Å². The Morgan fingerprint density at radius 2 is 1.85 bits per heavy atom. The van der Waals surface area contributed by atoms with Gasteiger partial charge in [0.25, 0.3) is 0 Å². The fourth-order valence-corrected chi connectivity index (χ4v) is 1.83. The third-order valence-electron chi connectivity index (χ3n) is 2.98. The quantitative estimate of drug-likeness (QED) is 0.867. The SMILES string of the molecule is COc1ccc(C(=O)O[C@H](C)c2ccccc2)c(O)c1. The van der Waals surface area contributed by atoms with Crippen LogP contribution < -0.4 is 4.74 Å². The molecule has 0 saturated heterocycles. The number of hydrogen-bond donors (Lipinski definition) is 1. The number of phenols is 1. The third-order valence-corrected chi connectivity index (χ3v) is 2.98. The summed E-state index contributed by atoms with van der Waals surface area (Å²) in [6.07, 6.45) is -0.384.